The van der Waals surface area contributed by atoms with Crippen LogP contribution in [0.1, 0.15) is 21.0 Å². The maximum absolute atomic E-state index is 10.5. The van der Waals surface area contributed by atoms with Gasteiger partial charge in [-0.25, -0.2) is 0 Å². The number of alkyl halides is 1. The summed E-state index contributed by atoms with van der Waals surface area (Å²) in [6.07, 6.45) is 0. The first-order valence-corrected chi connectivity index (χ1v) is 7.15. The predicted octanol–water partition coefficient (Wildman–Crippen LogP) is 4.80. The average molecular weight is 381 g/mol. The molecule has 4 nitrogen and oxygen atoms in total. The van der Waals surface area contributed by atoms with E-state index in [1.165, 1.54) is 6.07 Å². The van der Waals surface area contributed by atoms with Crippen LogP contribution in [0.3, 0.4) is 0 Å². The lowest BCUT2D eigenvalue weighted by molar-refractivity contribution is -0.402. The molecule has 0 aliphatic heterocycles. The summed E-state index contributed by atoms with van der Waals surface area (Å²) in [5.41, 5.74) is 1.05. The third-order valence-corrected chi connectivity index (χ3v) is 4.76. The van der Waals surface area contributed by atoms with Crippen LogP contribution in [0.2, 0.25) is 0 Å². The Morgan fingerprint density at radius 3 is 2.71 bits per heavy atom. The van der Waals surface area contributed by atoms with Gasteiger partial charge in [0.2, 0.25) is 0 Å². The maximum atomic E-state index is 10.5. The van der Waals surface area contributed by atoms with Crippen LogP contribution in [-0.4, -0.2) is 4.92 Å². The molecule has 0 spiro atoms. The Labute approximate surface area is 118 Å². The molecule has 0 aliphatic carbocycles. The molecule has 2 rings (SSSR count). The molecule has 2 aromatic heterocycles. The molecule has 2 aromatic rings. The molecule has 0 amide bonds. The zero-order valence-electron chi connectivity index (χ0n) is 8.65. The van der Waals surface area contributed by atoms with Crippen LogP contribution in [0.4, 0.5) is 5.88 Å². The second-order valence-corrected chi connectivity index (χ2v) is 6.91. The minimum Gasteiger partial charge on any atom is -0.404 e. The van der Waals surface area contributed by atoms with Gasteiger partial charge in [0.25, 0.3) is 0 Å². The Morgan fingerprint density at radius 2 is 2.24 bits per heavy atom. The summed E-state index contributed by atoms with van der Waals surface area (Å²) in [4.78, 5) is 11.0. The van der Waals surface area contributed by atoms with Crippen molar-refractivity contribution < 1.29 is 9.34 Å². The van der Waals surface area contributed by atoms with E-state index in [4.69, 9.17) is 4.42 Å². The topological polar surface area (TPSA) is 56.3 Å². The molecular weight excluding hydrogens is 374 g/mol. The first-order valence-electron chi connectivity index (χ1n) is 4.63. The SMILES string of the molecule is Cc1sc(Br)cc1C(Br)c1ccc([N+](=O)[O-])o1. The lowest BCUT2D eigenvalue weighted by Crippen LogP contribution is -1.90. The maximum Gasteiger partial charge on any atom is 0.433 e. The second-order valence-electron chi connectivity index (χ2n) is 3.36. The van der Waals surface area contributed by atoms with Crippen LogP contribution >= 0.6 is 43.2 Å². The summed E-state index contributed by atoms with van der Waals surface area (Å²) in [7, 11) is 0. The molecule has 1 atom stereocenters. The van der Waals surface area contributed by atoms with Crippen LogP contribution < -0.4 is 0 Å². The van der Waals surface area contributed by atoms with E-state index in [0.717, 1.165) is 14.2 Å². The second kappa shape index (κ2) is 4.91. The molecule has 1 unspecified atom stereocenters. The van der Waals surface area contributed by atoms with E-state index < -0.39 is 4.92 Å². The third kappa shape index (κ3) is 2.61. The summed E-state index contributed by atoms with van der Waals surface area (Å²) >= 11 is 8.52. The van der Waals surface area contributed by atoms with Crippen molar-refractivity contribution in [1.29, 1.82) is 0 Å². The van der Waals surface area contributed by atoms with Gasteiger partial charge in [0.05, 0.1) is 14.7 Å². The van der Waals surface area contributed by atoms with E-state index >= 15 is 0 Å². The molecule has 0 fully saturated rings. The van der Waals surface area contributed by atoms with Crippen molar-refractivity contribution in [3.05, 3.63) is 48.3 Å². The van der Waals surface area contributed by atoms with Gasteiger partial charge in [-0.15, -0.1) is 11.3 Å². The molecule has 0 saturated carbocycles. The van der Waals surface area contributed by atoms with Gasteiger partial charge in [-0.3, -0.25) is 10.1 Å². The van der Waals surface area contributed by atoms with E-state index in [2.05, 4.69) is 31.9 Å². The number of thiophene rings is 1. The monoisotopic (exact) mass is 379 g/mol. The number of aryl methyl sites for hydroxylation is 1. The summed E-state index contributed by atoms with van der Waals surface area (Å²) in [6, 6.07) is 4.96. The van der Waals surface area contributed by atoms with Gasteiger partial charge >= 0.3 is 5.88 Å². The van der Waals surface area contributed by atoms with E-state index in [1.54, 1.807) is 17.4 Å². The summed E-state index contributed by atoms with van der Waals surface area (Å²) in [5.74, 6) is 0.293. The van der Waals surface area contributed by atoms with Crippen molar-refractivity contribution in [1.82, 2.24) is 0 Å². The number of halogens is 2. The number of nitrogens with zero attached hydrogens (tertiary/aromatic N) is 1. The van der Waals surface area contributed by atoms with E-state index in [9.17, 15) is 10.1 Å². The Balaban J connectivity index is 2.33. The predicted molar refractivity (Wildman–Crippen MR) is 72.9 cm³/mol. The van der Waals surface area contributed by atoms with Crippen LogP contribution in [0.15, 0.2) is 26.4 Å². The Kier molecular flexibility index (Phi) is 3.70. The minimum atomic E-state index is -0.542. The van der Waals surface area contributed by atoms with Gasteiger partial charge in [-0.2, -0.15) is 0 Å². The van der Waals surface area contributed by atoms with Gasteiger partial charge in [-0.05, 0) is 40.5 Å². The van der Waals surface area contributed by atoms with Crippen LogP contribution in [0, 0.1) is 17.0 Å². The molecule has 0 aromatic carbocycles. The Bertz CT molecular complexity index is 564. The summed E-state index contributed by atoms with van der Waals surface area (Å²) in [5, 5.41) is 10.5. The quantitative estimate of drug-likeness (QED) is 0.436. The smallest absolute Gasteiger partial charge is 0.404 e. The van der Waals surface area contributed by atoms with Crippen molar-refractivity contribution >= 4 is 49.1 Å². The highest BCUT2D eigenvalue weighted by molar-refractivity contribution is 9.11. The fraction of sp³-hybridized carbons (Fsp3) is 0.200. The van der Waals surface area contributed by atoms with Gasteiger partial charge in [0, 0.05) is 4.88 Å². The van der Waals surface area contributed by atoms with Crippen molar-refractivity contribution in [2.75, 3.05) is 0 Å². The van der Waals surface area contributed by atoms with Gasteiger partial charge < -0.3 is 4.42 Å². The molecule has 7 heteroatoms. The lowest BCUT2D eigenvalue weighted by Gasteiger charge is -2.05. The molecule has 0 saturated heterocycles. The zero-order valence-corrected chi connectivity index (χ0v) is 12.6. The van der Waals surface area contributed by atoms with Crippen molar-refractivity contribution in [2.45, 2.75) is 11.8 Å². The Morgan fingerprint density at radius 1 is 1.53 bits per heavy atom. The Hall–Kier alpha value is -0.660. The average Bonchev–Trinajstić information content (AvgIpc) is 2.84. The fourth-order valence-corrected chi connectivity index (χ4v) is 4.06. The molecule has 90 valence electrons. The highest BCUT2D eigenvalue weighted by Gasteiger charge is 2.21. The van der Waals surface area contributed by atoms with Gasteiger partial charge in [0.1, 0.15) is 10.7 Å². The molecular formula is C10H7Br2NO3S. The van der Waals surface area contributed by atoms with Gasteiger partial charge in [0.15, 0.2) is 0 Å². The largest absolute Gasteiger partial charge is 0.433 e. The van der Waals surface area contributed by atoms with E-state index in [-0.39, 0.29) is 10.7 Å². The van der Waals surface area contributed by atoms with Crippen molar-refractivity contribution in [3.8, 4) is 0 Å². The number of rotatable bonds is 3. The van der Waals surface area contributed by atoms with E-state index in [1.807, 2.05) is 13.0 Å². The first kappa shape index (κ1) is 12.8. The normalized spacial score (nSPS) is 12.6. The highest BCUT2D eigenvalue weighted by atomic mass is 79.9. The van der Waals surface area contributed by atoms with Crippen molar-refractivity contribution in [3.63, 3.8) is 0 Å². The van der Waals surface area contributed by atoms with Gasteiger partial charge in [-0.1, -0.05) is 15.9 Å². The van der Waals surface area contributed by atoms with E-state index in [0.29, 0.717) is 5.76 Å². The molecule has 2 heterocycles. The first-order chi connectivity index (χ1) is 7.99. The van der Waals surface area contributed by atoms with Crippen LogP contribution in [0.5, 0.6) is 0 Å². The molecule has 17 heavy (non-hydrogen) atoms. The number of furan rings is 1. The summed E-state index contributed by atoms with van der Waals surface area (Å²) in [6.45, 7) is 2.00. The van der Waals surface area contributed by atoms with Crippen LogP contribution in [-0.2, 0) is 0 Å². The highest BCUT2D eigenvalue weighted by Crippen LogP contribution is 2.39. The summed E-state index contributed by atoms with van der Waals surface area (Å²) < 4.78 is 6.19. The molecule has 0 aliphatic rings. The zero-order chi connectivity index (χ0) is 12.6. The molecule has 0 radical (unpaired) electrons. The molecule has 0 N–H and O–H groups in total. The van der Waals surface area contributed by atoms with Crippen LogP contribution in [0.25, 0.3) is 0 Å². The number of hydrogen-bond donors (Lipinski definition) is 0. The fourth-order valence-electron chi connectivity index (χ4n) is 1.44. The number of hydrogen-bond acceptors (Lipinski definition) is 4. The lowest BCUT2D eigenvalue weighted by atomic mass is 10.1. The van der Waals surface area contributed by atoms with Crippen molar-refractivity contribution in [2.24, 2.45) is 0 Å². The third-order valence-electron chi connectivity index (χ3n) is 2.24. The standard InChI is InChI=1S/C10H7Br2NO3S/c1-5-6(4-8(11)17-5)10(12)7-2-3-9(16-7)13(14)15/h2-4,10H,1H3. The minimum absolute atomic E-state index is 0.168. The molecule has 0 bridgehead atoms. The number of nitro groups is 1.